The van der Waals surface area contributed by atoms with Gasteiger partial charge < -0.3 is 20.2 Å². The normalized spacial score (nSPS) is 23.5. The number of rotatable bonds is 3. The predicted octanol–water partition coefficient (Wildman–Crippen LogP) is 3.71. The average molecular weight is 416 g/mol. The lowest BCUT2D eigenvalue weighted by molar-refractivity contribution is -0.288. The standard InChI is InChI=1S/C21H19F3N4O2/c1-11-8-19(2,10-29)17(13-5-6-26-16(11)13)20(30,21(22,23)24)18-27-14-4-3-12(9-25)7-15(14)28-18/h3-8,17,26,29-30H,10H2,1-2H3,(H,27,28). The van der Waals surface area contributed by atoms with Crippen molar-refractivity contribution in [3.8, 4) is 6.07 Å². The van der Waals surface area contributed by atoms with Crippen molar-refractivity contribution in [2.45, 2.75) is 31.5 Å². The second kappa shape index (κ2) is 6.45. The molecule has 4 N–H and O–H groups in total. The summed E-state index contributed by atoms with van der Waals surface area (Å²) in [5.74, 6) is -2.26. The number of aliphatic hydroxyl groups excluding tert-OH is 1. The van der Waals surface area contributed by atoms with Gasteiger partial charge in [-0.15, -0.1) is 0 Å². The summed E-state index contributed by atoms with van der Waals surface area (Å²) in [6, 6.07) is 7.64. The van der Waals surface area contributed by atoms with Crippen LogP contribution in [0.3, 0.4) is 0 Å². The number of nitrogens with one attached hydrogen (secondary N) is 2. The predicted molar refractivity (Wildman–Crippen MR) is 103 cm³/mol. The maximum atomic E-state index is 14.6. The summed E-state index contributed by atoms with van der Waals surface area (Å²) < 4.78 is 43.7. The van der Waals surface area contributed by atoms with E-state index in [0.717, 1.165) is 0 Å². The van der Waals surface area contributed by atoms with Crippen molar-refractivity contribution >= 4 is 16.6 Å². The fourth-order valence-electron chi connectivity index (χ4n) is 4.50. The molecule has 3 atom stereocenters. The molecule has 9 heteroatoms. The molecule has 6 nitrogen and oxygen atoms in total. The number of benzene rings is 1. The number of imidazole rings is 1. The molecule has 156 valence electrons. The van der Waals surface area contributed by atoms with E-state index in [4.69, 9.17) is 5.26 Å². The van der Waals surface area contributed by atoms with Crippen LogP contribution in [0.1, 0.15) is 42.4 Å². The van der Waals surface area contributed by atoms with Crippen LogP contribution in [0.25, 0.3) is 16.6 Å². The van der Waals surface area contributed by atoms with Crippen LogP contribution in [-0.2, 0) is 5.60 Å². The highest BCUT2D eigenvalue weighted by molar-refractivity contribution is 5.77. The second-order valence-corrected chi connectivity index (χ2v) is 7.93. The smallest absolute Gasteiger partial charge is 0.395 e. The SMILES string of the molecule is CC1=CC(C)(CO)C(C(O)(c2nc3ccc(C#N)cc3[nH]2)C(F)(F)F)c2cc[nH]c21. The summed E-state index contributed by atoms with van der Waals surface area (Å²) in [7, 11) is 0. The summed E-state index contributed by atoms with van der Waals surface area (Å²) in [6.45, 7) is 2.60. The number of hydrogen-bond donors (Lipinski definition) is 4. The highest BCUT2D eigenvalue weighted by Gasteiger charge is 2.66. The Hall–Kier alpha value is -3.09. The van der Waals surface area contributed by atoms with Gasteiger partial charge >= 0.3 is 6.18 Å². The number of hydrogen-bond acceptors (Lipinski definition) is 4. The average Bonchev–Trinajstić information content (AvgIpc) is 3.33. The zero-order chi connectivity index (χ0) is 21.9. The molecule has 0 radical (unpaired) electrons. The molecular formula is C21H19F3N4O2. The number of alkyl halides is 3. The number of nitrogens with zero attached hydrogens (tertiary/aromatic N) is 2. The Labute approximate surface area is 169 Å². The van der Waals surface area contributed by atoms with E-state index in [1.54, 1.807) is 13.0 Å². The van der Waals surface area contributed by atoms with Gasteiger partial charge in [0.15, 0.2) is 0 Å². The largest absolute Gasteiger partial charge is 0.425 e. The van der Waals surface area contributed by atoms with Crippen molar-refractivity contribution in [3.63, 3.8) is 0 Å². The number of aromatic amines is 2. The number of aliphatic hydroxyl groups is 2. The summed E-state index contributed by atoms with van der Waals surface area (Å²) in [6.07, 6.45) is -2.07. The van der Waals surface area contributed by atoms with Gasteiger partial charge in [-0.2, -0.15) is 18.4 Å². The van der Waals surface area contributed by atoms with Crippen LogP contribution in [0.15, 0.2) is 36.5 Å². The summed E-state index contributed by atoms with van der Waals surface area (Å²) in [4.78, 5) is 9.52. The van der Waals surface area contributed by atoms with Gasteiger partial charge in [-0.05, 0) is 42.3 Å². The topological polar surface area (TPSA) is 109 Å². The van der Waals surface area contributed by atoms with E-state index >= 15 is 0 Å². The van der Waals surface area contributed by atoms with Crippen LogP contribution < -0.4 is 0 Å². The molecule has 30 heavy (non-hydrogen) atoms. The third kappa shape index (κ3) is 2.68. The fraction of sp³-hybridized carbons (Fsp3) is 0.333. The van der Waals surface area contributed by atoms with Crippen molar-refractivity contribution < 1.29 is 23.4 Å². The minimum absolute atomic E-state index is 0.189. The number of nitriles is 1. The number of aromatic nitrogens is 3. The third-order valence-corrected chi connectivity index (χ3v) is 5.85. The molecule has 0 fully saturated rings. The Kier molecular flexibility index (Phi) is 4.34. The molecular weight excluding hydrogens is 397 g/mol. The van der Waals surface area contributed by atoms with Crippen molar-refractivity contribution in [3.05, 3.63) is 59.2 Å². The van der Waals surface area contributed by atoms with E-state index in [9.17, 15) is 23.4 Å². The fourth-order valence-corrected chi connectivity index (χ4v) is 4.50. The van der Waals surface area contributed by atoms with Crippen LogP contribution >= 0.6 is 0 Å². The lowest BCUT2D eigenvalue weighted by atomic mass is 9.61. The lowest BCUT2D eigenvalue weighted by Gasteiger charge is -2.46. The van der Waals surface area contributed by atoms with Gasteiger partial charge in [-0.25, -0.2) is 4.98 Å². The van der Waals surface area contributed by atoms with Gasteiger partial charge in [-0.1, -0.05) is 13.0 Å². The molecule has 0 saturated carbocycles. The first-order valence-corrected chi connectivity index (χ1v) is 9.22. The molecule has 0 amide bonds. The van der Waals surface area contributed by atoms with E-state index in [1.165, 1.54) is 37.4 Å². The first-order chi connectivity index (χ1) is 14.0. The summed E-state index contributed by atoms with van der Waals surface area (Å²) in [5, 5.41) is 30.5. The van der Waals surface area contributed by atoms with Crippen LogP contribution in [0.2, 0.25) is 0 Å². The van der Waals surface area contributed by atoms with Crippen molar-refractivity contribution in [2.75, 3.05) is 6.61 Å². The molecule has 2 aromatic heterocycles. The third-order valence-electron chi connectivity index (χ3n) is 5.85. The molecule has 0 saturated heterocycles. The van der Waals surface area contributed by atoms with E-state index in [2.05, 4.69) is 15.0 Å². The van der Waals surface area contributed by atoms with E-state index in [0.29, 0.717) is 11.3 Å². The molecule has 1 aromatic carbocycles. The minimum Gasteiger partial charge on any atom is -0.395 e. The Balaban J connectivity index is 2.01. The van der Waals surface area contributed by atoms with Crippen LogP contribution in [0.5, 0.6) is 0 Å². The molecule has 0 aliphatic heterocycles. The quantitative estimate of drug-likeness (QED) is 0.522. The second-order valence-electron chi connectivity index (χ2n) is 7.93. The maximum Gasteiger partial charge on any atom is 0.425 e. The highest BCUT2D eigenvalue weighted by Crippen LogP contribution is 2.58. The van der Waals surface area contributed by atoms with Gasteiger partial charge in [0, 0.05) is 23.2 Å². The van der Waals surface area contributed by atoms with Crippen molar-refractivity contribution in [1.29, 1.82) is 5.26 Å². The number of fused-ring (bicyclic) bond motifs is 2. The van der Waals surface area contributed by atoms with Gasteiger partial charge in [0.05, 0.1) is 29.3 Å². The molecule has 3 aromatic rings. The molecule has 1 aliphatic carbocycles. The van der Waals surface area contributed by atoms with Crippen LogP contribution in [0.4, 0.5) is 13.2 Å². The van der Waals surface area contributed by atoms with Crippen molar-refractivity contribution in [1.82, 2.24) is 15.0 Å². The lowest BCUT2D eigenvalue weighted by Crippen LogP contribution is -2.54. The number of allylic oxidation sites excluding steroid dienone is 1. The van der Waals surface area contributed by atoms with Gasteiger partial charge in [0.25, 0.3) is 0 Å². The Bertz CT molecular complexity index is 1200. The minimum atomic E-state index is -5.12. The zero-order valence-electron chi connectivity index (χ0n) is 16.2. The summed E-state index contributed by atoms with van der Waals surface area (Å²) in [5.41, 5.74) is -2.82. The number of halogens is 3. The molecule has 3 unspecified atom stereocenters. The summed E-state index contributed by atoms with van der Waals surface area (Å²) >= 11 is 0. The Morgan fingerprint density at radius 1 is 1.30 bits per heavy atom. The van der Waals surface area contributed by atoms with Gasteiger partial charge in [0.2, 0.25) is 5.60 Å². The van der Waals surface area contributed by atoms with E-state index < -0.39 is 35.5 Å². The van der Waals surface area contributed by atoms with Crippen LogP contribution in [-0.4, -0.2) is 37.9 Å². The number of H-pyrrole nitrogens is 2. The van der Waals surface area contributed by atoms with Crippen LogP contribution in [0, 0.1) is 16.7 Å². The highest BCUT2D eigenvalue weighted by atomic mass is 19.4. The first-order valence-electron chi connectivity index (χ1n) is 9.22. The first kappa shape index (κ1) is 20.2. The zero-order valence-corrected chi connectivity index (χ0v) is 16.2. The molecule has 1 aliphatic rings. The van der Waals surface area contributed by atoms with E-state index in [1.807, 2.05) is 6.07 Å². The van der Waals surface area contributed by atoms with Gasteiger partial charge in [-0.3, -0.25) is 0 Å². The van der Waals surface area contributed by atoms with Gasteiger partial charge in [0.1, 0.15) is 5.82 Å². The maximum absolute atomic E-state index is 14.6. The molecule has 0 spiro atoms. The molecule has 0 bridgehead atoms. The molecule has 2 heterocycles. The van der Waals surface area contributed by atoms with Crippen molar-refractivity contribution in [2.24, 2.45) is 5.41 Å². The van der Waals surface area contributed by atoms with E-state index in [-0.39, 0.29) is 22.2 Å². The Morgan fingerprint density at radius 2 is 2.03 bits per heavy atom. The molecule has 4 rings (SSSR count). The Morgan fingerprint density at radius 3 is 2.67 bits per heavy atom. The monoisotopic (exact) mass is 416 g/mol.